The van der Waals surface area contributed by atoms with Gasteiger partial charge in [-0.15, -0.1) is 0 Å². The molecule has 2 saturated heterocycles. The van der Waals surface area contributed by atoms with Crippen molar-refractivity contribution in [3.8, 4) is 0 Å². The molecule has 0 radical (unpaired) electrons. The summed E-state index contributed by atoms with van der Waals surface area (Å²) in [6, 6.07) is 9.12. The van der Waals surface area contributed by atoms with Crippen LogP contribution < -0.4 is 10.6 Å². The largest absolute Gasteiger partial charge is 0.326 e. The van der Waals surface area contributed by atoms with Gasteiger partial charge in [0.2, 0.25) is 5.91 Å². The molecule has 26 heavy (non-hydrogen) atoms. The lowest BCUT2D eigenvalue weighted by Crippen LogP contribution is -2.39. The number of carbonyl (C=O) groups is 1. The van der Waals surface area contributed by atoms with Gasteiger partial charge in [-0.3, -0.25) is 4.79 Å². The number of piperidine rings is 1. The smallest absolute Gasteiger partial charge is 0.224 e. The minimum atomic E-state index is 0.131. The van der Waals surface area contributed by atoms with Gasteiger partial charge in [-0.1, -0.05) is 0 Å². The van der Waals surface area contributed by atoms with Crippen LogP contribution >= 0.6 is 11.8 Å². The number of nitrogens with zero attached hydrogens (tertiary/aromatic N) is 2. The minimum absolute atomic E-state index is 0.131. The zero-order valence-corrected chi connectivity index (χ0v) is 15.8. The van der Waals surface area contributed by atoms with Crippen LogP contribution in [0, 0.1) is 12.8 Å². The molecule has 2 unspecified atom stereocenters. The van der Waals surface area contributed by atoms with Crippen molar-refractivity contribution in [2.75, 3.05) is 5.32 Å². The van der Waals surface area contributed by atoms with Crippen LogP contribution in [0.3, 0.4) is 0 Å². The van der Waals surface area contributed by atoms with Crippen LogP contribution in [0.15, 0.2) is 46.7 Å². The van der Waals surface area contributed by atoms with Crippen LogP contribution in [0.25, 0.3) is 0 Å². The average molecular weight is 369 g/mol. The summed E-state index contributed by atoms with van der Waals surface area (Å²) in [6.45, 7) is 2.02. The Hall–Kier alpha value is -1.92. The second kappa shape index (κ2) is 7.76. The molecule has 6 heteroatoms. The molecule has 1 amide bonds. The summed E-state index contributed by atoms with van der Waals surface area (Å²) in [6.07, 6.45) is 8.92. The van der Waals surface area contributed by atoms with Crippen molar-refractivity contribution < 1.29 is 4.79 Å². The van der Waals surface area contributed by atoms with Crippen molar-refractivity contribution in [2.24, 2.45) is 5.92 Å². The lowest BCUT2D eigenvalue weighted by molar-refractivity contribution is -0.117. The lowest BCUT2D eigenvalue weighted by atomic mass is 9.89. The van der Waals surface area contributed by atoms with Crippen LogP contribution in [0.2, 0.25) is 0 Å². The number of hydrogen-bond acceptors (Lipinski definition) is 5. The van der Waals surface area contributed by atoms with Gasteiger partial charge >= 0.3 is 0 Å². The maximum atomic E-state index is 12.5. The molecule has 2 atom stereocenters. The Morgan fingerprint density at radius 3 is 2.65 bits per heavy atom. The van der Waals surface area contributed by atoms with E-state index in [0.717, 1.165) is 34.1 Å². The molecule has 2 fully saturated rings. The number of anilines is 1. The van der Waals surface area contributed by atoms with E-state index in [-0.39, 0.29) is 5.91 Å². The standard InChI is InChI=1S/C20H24N4OS/c1-13-9-17(26-20-21-7-2-8-22-20)5-6-18(13)24-19(25)12-14-10-15-3-4-16(11-14)23-15/h2,5-9,14-16,23H,3-4,10-12H2,1H3,(H,24,25). The Kier molecular flexibility index (Phi) is 5.22. The number of carbonyl (C=O) groups excluding carboxylic acids is 1. The first-order valence-electron chi connectivity index (χ1n) is 9.27. The van der Waals surface area contributed by atoms with Crippen molar-refractivity contribution in [1.82, 2.24) is 15.3 Å². The van der Waals surface area contributed by atoms with Crippen LogP contribution in [-0.4, -0.2) is 28.0 Å². The Balaban J connectivity index is 1.35. The molecule has 1 aromatic carbocycles. The summed E-state index contributed by atoms with van der Waals surface area (Å²) in [7, 11) is 0. The highest BCUT2D eigenvalue weighted by molar-refractivity contribution is 7.99. The van der Waals surface area contributed by atoms with Gasteiger partial charge in [0, 0.05) is 41.5 Å². The summed E-state index contributed by atoms with van der Waals surface area (Å²) in [4.78, 5) is 22.0. The zero-order valence-electron chi connectivity index (χ0n) is 14.9. The van der Waals surface area contributed by atoms with Crippen LogP contribution in [0.1, 0.15) is 37.7 Å². The van der Waals surface area contributed by atoms with E-state index in [1.54, 1.807) is 12.4 Å². The van der Waals surface area contributed by atoms with E-state index in [1.165, 1.54) is 24.6 Å². The fourth-order valence-electron chi connectivity index (χ4n) is 4.09. The highest BCUT2D eigenvalue weighted by atomic mass is 32.2. The first-order chi connectivity index (χ1) is 12.7. The average Bonchev–Trinajstić information content (AvgIpc) is 2.97. The summed E-state index contributed by atoms with van der Waals surface area (Å²) >= 11 is 1.52. The van der Waals surface area contributed by atoms with E-state index in [9.17, 15) is 4.79 Å². The van der Waals surface area contributed by atoms with Crippen LogP contribution in [0.4, 0.5) is 5.69 Å². The van der Waals surface area contributed by atoms with E-state index in [2.05, 4.69) is 26.7 Å². The number of nitrogens with one attached hydrogen (secondary N) is 2. The predicted octanol–water partition coefficient (Wildman–Crippen LogP) is 3.80. The third kappa shape index (κ3) is 4.24. The number of aryl methyl sites for hydroxylation is 1. The van der Waals surface area contributed by atoms with Gasteiger partial charge in [0.1, 0.15) is 0 Å². The van der Waals surface area contributed by atoms with E-state index >= 15 is 0 Å². The SMILES string of the molecule is Cc1cc(Sc2ncccn2)ccc1NC(=O)CC1CC2CCC(C1)N2. The fourth-order valence-corrected chi connectivity index (χ4v) is 4.90. The quantitative estimate of drug-likeness (QED) is 0.786. The molecule has 0 saturated carbocycles. The van der Waals surface area contributed by atoms with Gasteiger partial charge in [0.05, 0.1) is 0 Å². The molecule has 0 spiro atoms. The second-order valence-electron chi connectivity index (χ2n) is 7.34. The van der Waals surface area contributed by atoms with Crippen molar-refractivity contribution in [2.45, 2.75) is 61.2 Å². The van der Waals surface area contributed by atoms with Gasteiger partial charge in [0.15, 0.2) is 5.16 Å². The van der Waals surface area contributed by atoms with Crippen molar-refractivity contribution >= 4 is 23.4 Å². The normalized spacial score (nSPS) is 24.4. The minimum Gasteiger partial charge on any atom is -0.326 e. The Morgan fingerprint density at radius 1 is 1.23 bits per heavy atom. The number of benzene rings is 1. The Morgan fingerprint density at radius 2 is 1.96 bits per heavy atom. The topological polar surface area (TPSA) is 66.9 Å². The Bertz CT molecular complexity index is 771. The van der Waals surface area contributed by atoms with E-state index < -0.39 is 0 Å². The molecule has 1 aromatic heterocycles. The monoisotopic (exact) mass is 368 g/mol. The number of aromatic nitrogens is 2. The molecule has 136 valence electrons. The van der Waals surface area contributed by atoms with Gasteiger partial charge in [-0.2, -0.15) is 0 Å². The van der Waals surface area contributed by atoms with E-state index in [1.807, 2.05) is 25.1 Å². The van der Waals surface area contributed by atoms with Gasteiger partial charge in [0.25, 0.3) is 0 Å². The van der Waals surface area contributed by atoms with Crippen LogP contribution in [-0.2, 0) is 4.79 Å². The molecular formula is C20H24N4OS. The first-order valence-corrected chi connectivity index (χ1v) is 10.1. The number of hydrogen-bond donors (Lipinski definition) is 2. The van der Waals surface area contributed by atoms with E-state index in [4.69, 9.17) is 0 Å². The molecule has 2 aliphatic rings. The van der Waals surface area contributed by atoms with Crippen LogP contribution in [0.5, 0.6) is 0 Å². The summed E-state index contributed by atoms with van der Waals surface area (Å²) < 4.78 is 0. The Labute approximate surface area is 158 Å². The summed E-state index contributed by atoms with van der Waals surface area (Å²) in [5, 5.41) is 7.46. The molecule has 2 aliphatic heterocycles. The molecule has 0 aliphatic carbocycles. The number of rotatable bonds is 5. The summed E-state index contributed by atoms with van der Waals surface area (Å²) in [5.41, 5.74) is 1.95. The zero-order chi connectivity index (χ0) is 17.9. The van der Waals surface area contributed by atoms with Gasteiger partial charge in [-0.25, -0.2) is 9.97 Å². The third-order valence-electron chi connectivity index (χ3n) is 5.27. The predicted molar refractivity (Wildman–Crippen MR) is 103 cm³/mol. The van der Waals surface area contributed by atoms with Crippen molar-refractivity contribution in [3.05, 3.63) is 42.2 Å². The van der Waals surface area contributed by atoms with Crippen molar-refractivity contribution in [1.29, 1.82) is 0 Å². The van der Waals surface area contributed by atoms with Crippen molar-refractivity contribution in [3.63, 3.8) is 0 Å². The highest BCUT2D eigenvalue weighted by Gasteiger charge is 2.34. The van der Waals surface area contributed by atoms with Gasteiger partial charge in [-0.05, 0) is 80.1 Å². The molecule has 2 N–H and O–H groups in total. The summed E-state index contributed by atoms with van der Waals surface area (Å²) in [5.74, 6) is 0.644. The maximum absolute atomic E-state index is 12.5. The molecule has 2 aromatic rings. The number of amides is 1. The molecule has 2 bridgehead atoms. The molecular weight excluding hydrogens is 344 g/mol. The fraction of sp³-hybridized carbons (Fsp3) is 0.450. The highest BCUT2D eigenvalue weighted by Crippen LogP contribution is 2.33. The second-order valence-corrected chi connectivity index (χ2v) is 8.38. The lowest BCUT2D eigenvalue weighted by Gasteiger charge is -2.28. The van der Waals surface area contributed by atoms with E-state index in [0.29, 0.717) is 24.4 Å². The first kappa shape index (κ1) is 17.5. The molecule has 4 rings (SSSR count). The third-order valence-corrected chi connectivity index (χ3v) is 6.15. The maximum Gasteiger partial charge on any atom is 0.224 e. The molecule has 5 nitrogen and oxygen atoms in total. The molecule has 3 heterocycles. The number of fused-ring (bicyclic) bond motifs is 2. The van der Waals surface area contributed by atoms with Gasteiger partial charge < -0.3 is 10.6 Å².